The lowest BCUT2D eigenvalue weighted by atomic mass is 10.2. The fourth-order valence-electron chi connectivity index (χ4n) is 1.42. The third kappa shape index (κ3) is 13.7. The van der Waals surface area contributed by atoms with Crippen molar-refractivity contribution < 1.29 is 19.0 Å². The SMILES string of the molecule is CC(C)OCCC(=O)OCc1ccc(N)cc1.CC(C)OCN. The molecule has 1 aromatic carbocycles. The zero-order chi connectivity index (χ0) is 17.7. The Hall–Kier alpha value is -1.63. The maximum Gasteiger partial charge on any atom is 0.308 e. The van der Waals surface area contributed by atoms with Crippen molar-refractivity contribution >= 4 is 11.7 Å². The molecular weight excluding hydrogens is 296 g/mol. The summed E-state index contributed by atoms with van der Waals surface area (Å²) < 4.78 is 15.2. The summed E-state index contributed by atoms with van der Waals surface area (Å²) in [6.45, 7) is 8.77. The molecule has 0 atom stereocenters. The van der Waals surface area contributed by atoms with Crippen molar-refractivity contribution in [3.05, 3.63) is 29.8 Å². The molecule has 0 saturated heterocycles. The van der Waals surface area contributed by atoms with Crippen LogP contribution < -0.4 is 11.5 Å². The summed E-state index contributed by atoms with van der Waals surface area (Å²) in [4.78, 5) is 11.3. The number of benzene rings is 1. The van der Waals surface area contributed by atoms with E-state index in [-0.39, 0.29) is 31.2 Å². The Morgan fingerprint density at radius 1 is 1.04 bits per heavy atom. The first-order valence-electron chi connectivity index (χ1n) is 7.78. The minimum Gasteiger partial charge on any atom is -0.461 e. The van der Waals surface area contributed by atoms with Crippen LogP contribution in [0, 0.1) is 0 Å². The number of hydrogen-bond donors (Lipinski definition) is 2. The van der Waals surface area contributed by atoms with Crippen molar-refractivity contribution in [3.63, 3.8) is 0 Å². The van der Waals surface area contributed by atoms with Crippen LogP contribution in [0.4, 0.5) is 5.69 Å². The first kappa shape index (κ1) is 21.4. The van der Waals surface area contributed by atoms with Gasteiger partial charge in [0.2, 0.25) is 0 Å². The molecule has 0 spiro atoms. The summed E-state index contributed by atoms with van der Waals surface area (Å²) in [7, 11) is 0. The number of rotatable bonds is 8. The lowest BCUT2D eigenvalue weighted by Crippen LogP contribution is -2.11. The van der Waals surface area contributed by atoms with Crippen LogP contribution in [0.25, 0.3) is 0 Å². The van der Waals surface area contributed by atoms with Gasteiger partial charge in [-0.3, -0.25) is 4.79 Å². The Balaban J connectivity index is 0.000000688. The van der Waals surface area contributed by atoms with Gasteiger partial charge in [0, 0.05) is 5.69 Å². The minimum absolute atomic E-state index is 0.139. The van der Waals surface area contributed by atoms with E-state index < -0.39 is 0 Å². The van der Waals surface area contributed by atoms with Gasteiger partial charge in [0.05, 0.1) is 32.0 Å². The van der Waals surface area contributed by atoms with Gasteiger partial charge in [-0.2, -0.15) is 0 Å². The summed E-state index contributed by atoms with van der Waals surface area (Å²) in [5, 5.41) is 0. The molecule has 0 unspecified atom stereocenters. The number of nitrogens with two attached hydrogens (primary N) is 2. The van der Waals surface area contributed by atoms with Gasteiger partial charge in [0.1, 0.15) is 6.61 Å². The van der Waals surface area contributed by atoms with Gasteiger partial charge < -0.3 is 25.7 Å². The summed E-state index contributed by atoms with van der Waals surface area (Å²) in [5.41, 5.74) is 12.2. The van der Waals surface area contributed by atoms with Crippen LogP contribution in [0.5, 0.6) is 0 Å². The van der Waals surface area contributed by atoms with E-state index in [0.717, 1.165) is 5.56 Å². The van der Waals surface area contributed by atoms with Gasteiger partial charge in [-0.25, -0.2) is 0 Å². The van der Waals surface area contributed by atoms with E-state index in [9.17, 15) is 4.79 Å². The number of ether oxygens (including phenoxy) is 3. The van der Waals surface area contributed by atoms with Crippen molar-refractivity contribution in [1.29, 1.82) is 0 Å². The number of carbonyl (C=O) groups excluding carboxylic acids is 1. The number of nitrogen functional groups attached to an aromatic ring is 1. The second-order valence-corrected chi connectivity index (χ2v) is 5.45. The predicted molar refractivity (Wildman–Crippen MR) is 91.6 cm³/mol. The quantitative estimate of drug-likeness (QED) is 0.433. The Bertz CT molecular complexity index is 419. The van der Waals surface area contributed by atoms with Crippen molar-refractivity contribution in [2.75, 3.05) is 19.1 Å². The maximum absolute atomic E-state index is 11.3. The first-order valence-corrected chi connectivity index (χ1v) is 7.78. The second-order valence-electron chi connectivity index (χ2n) is 5.45. The summed E-state index contributed by atoms with van der Waals surface area (Å²) >= 11 is 0. The number of anilines is 1. The second kappa shape index (κ2) is 12.9. The largest absolute Gasteiger partial charge is 0.461 e. The standard InChI is InChI=1S/C13H19NO3.C4H11NO/c1-10(2)16-8-7-13(15)17-9-11-3-5-12(14)6-4-11;1-4(2)6-3-5/h3-6,10H,7-9,14H2,1-2H3;4H,3,5H2,1-2H3. The summed E-state index contributed by atoms with van der Waals surface area (Å²) in [6, 6.07) is 7.25. The fourth-order valence-corrected chi connectivity index (χ4v) is 1.42. The average molecular weight is 326 g/mol. The third-order valence-corrected chi connectivity index (χ3v) is 2.57. The van der Waals surface area contributed by atoms with Crippen molar-refractivity contribution in [2.45, 2.75) is 52.9 Å². The molecule has 6 nitrogen and oxygen atoms in total. The zero-order valence-electron chi connectivity index (χ0n) is 14.6. The lowest BCUT2D eigenvalue weighted by Gasteiger charge is -2.07. The highest BCUT2D eigenvalue weighted by atomic mass is 16.5. The van der Waals surface area contributed by atoms with Crippen molar-refractivity contribution in [2.24, 2.45) is 5.73 Å². The molecule has 0 radical (unpaired) electrons. The molecule has 0 bridgehead atoms. The predicted octanol–water partition coefficient (Wildman–Crippen LogP) is 2.45. The van der Waals surface area contributed by atoms with Crippen LogP contribution in [-0.4, -0.2) is 31.5 Å². The first-order chi connectivity index (χ1) is 10.8. The summed E-state index contributed by atoms with van der Waals surface area (Å²) in [5.74, 6) is -0.248. The molecule has 0 aliphatic carbocycles. The van der Waals surface area contributed by atoms with Gasteiger partial charge in [-0.15, -0.1) is 0 Å². The fraction of sp³-hybridized carbons (Fsp3) is 0.588. The minimum atomic E-state index is -0.248. The van der Waals surface area contributed by atoms with Gasteiger partial charge in [-0.1, -0.05) is 12.1 Å². The van der Waals surface area contributed by atoms with Crippen LogP contribution in [-0.2, 0) is 25.6 Å². The Labute approximate surface area is 139 Å². The molecule has 1 aromatic rings. The molecule has 1 rings (SSSR count). The molecule has 0 aliphatic heterocycles. The molecule has 0 aromatic heterocycles. The van der Waals surface area contributed by atoms with Crippen molar-refractivity contribution in [3.8, 4) is 0 Å². The molecular formula is C17H30N2O4. The van der Waals surface area contributed by atoms with E-state index in [4.69, 9.17) is 25.7 Å². The van der Waals surface area contributed by atoms with E-state index in [2.05, 4.69) is 0 Å². The van der Waals surface area contributed by atoms with Gasteiger partial charge in [0.25, 0.3) is 0 Å². The summed E-state index contributed by atoms with van der Waals surface area (Å²) in [6.07, 6.45) is 0.697. The number of esters is 1. The lowest BCUT2D eigenvalue weighted by molar-refractivity contribution is -0.146. The molecule has 0 saturated carbocycles. The van der Waals surface area contributed by atoms with Gasteiger partial charge >= 0.3 is 5.97 Å². The molecule has 4 N–H and O–H groups in total. The van der Waals surface area contributed by atoms with Crippen LogP contribution in [0.15, 0.2) is 24.3 Å². The van der Waals surface area contributed by atoms with Crippen molar-refractivity contribution in [1.82, 2.24) is 0 Å². The average Bonchev–Trinajstić information content (AvgIpc) is 2.47. The topological polar surface area (TPSA) is 96.8 Å². The van der Waals surface area contributed by atoms with E-state index in [0.29, 0.717) is 19.0 Å². The molecule has 0 fully saturated rings. The zero-order valence-corrected chi connectivity index (χ0v) is 14.6. The Morgan fingerprint density at radius 2 is 1.61 bits per heavy atom. The molecule has 0 amide bonds. The normalized spacial score (nSPS) is 10.4. The smallest absolute Gasteiger partial charge is 0.308 e. The van der Waals surface area contributed by atoms with E-state index in [1.165, 1.54) is 0 Å². The van der Waals surface area contributed by atoms with Gasteiger partial charge in [0.15, 0.2) is 0 Å². The Kier molecular flexibility index (Phi) is 12.0. The highest BCUT2D eigenvalue weighted by Crippen LogP contribution is 2.07. The molecule has 0 aliphatic rings. The number of carbonyl (C=O) groups is 1. The molecule has 0 heterocycles. The maximum atomic E-state index is 11.3. The van der Waals surface area contributed by atoms with Crippen LogP contribution in [0.3, 0.4) is 0 Å². The van der Waals surface area contributed by atoms with E-state index in [1.54, 1.807) is 12.1 Å². The molecule has 6 heteroatoms. The van der Waals surface area contributed by atoms with E-state index in [1.807, 2.05) is 39.8 Å². The highest BCUT2D eigenvalue weighted by molar-refractivity contribution is 5.69. The van der Waals surface area contributed by atoms with Crippen LogP contribution in [0.1, 0.15) is 39.7 Å². The van der Waals surface area contributed by atoms with Crippen LogP contribution >= 0.6 is 0 Å². The highest BCUT2D eigenvalue weighted by Gasteiger charge is 2.04. The molecule has 132 valence electrons. The van der Waals surface area contributed by atoms with Gasteiger partial charge in [-0.05, 0) is 45.4 Å². The monoisotopic (exact) mass is 326 g/mol. The number of hydrogen-bond acceptors (Lipinski definition) is 6. The van der Waals surface area contributed by atoms with E-state index >= 15 is 0 Å². The third-order valence-electron chi connectivity index (χ3n) is 2.57. The molecule has 23 heavy (non-hydrogen) atoms. The Morgan fingerprint density at radius 3 is 2.04 bits per heavy atom. The van der Waals surface area contributed by atoms with Crippen LogP contribution in [0.2, 0.25) is 0 Å².